The van der Waals surface area contributed by atoms with Gasteiger partial charge in [-0.05, 0) is 17.7 Å². The second-order valence-corrected chi connectivity index (χ2v) is 7.82. The normalized spacial score (nSPS) is 22.0. The number of nitrogens with one attached hydrogen (secondary N) is 2. The summed E-state index contributed by atoms with van der Waals surface area (Å²) in [6.45, 7) is 4.86. The number of likely N-dealkylation sites (tertiary alicyclic amines) is 1. The molecule has 0 spiro atoms. The van der Waals surface area contributed by atoms with Crippen molar-refractivity contribution in [2.24, 2.45) is 4.99 Å². The number of guanidine groups is 1. The zero-order valence-corrected chi connectivity index (χ0v) is 17.6. The number of benzene rings is 1. The van der Waals surface area contributed by atoms with Gasteiger partial charge in [-0.3, -0.25) is 15.0 Å². The minimum atomic E-state index is 0.187. The molecule has 2 atom stereocenters. The minimum Gasteiger partial charge on any atom is -0.461 e. The van der Waals surface area contributed by atoms with Crippen molar-refractivity contribution in [3.05, 3.63) is 60.1 Å². The van der Waals surface area contributed by atoms with Crippen LogP contribution in [0.4, 0.5) is 0 Å². The number of fused-ring (bicyclic) bond motifs is 1. The fraction of sp³-hybridized carbons (Fsp3) is 0.409. The summed E-state index contributed by atoms with van der Waals surface area (Å²) >= 11 is 0. The fourth-order valence-electron chi connectivity index (χ4n) is 4.33. The Labute approximate surface area is 181 Å². The van der Waals surface area contributed by atoms with Crippen molar-refractivity contribution in [3.8, 4) is 11.6 Å². The van der Waals surface area contributed by atoms with E-state index in [2.05, 4.69) is 65.6 Å². The van der Waals surface area contributed by atoms with E-state index in [1.165, 1.54) is 5.56 Å². The lowest BCUT2D eigenvalue weighted by molar-refractivity contribution is -0.0502. The van der Waals surface area contributed by atoms with E-state index < -0.39 is 0 Å². The number of aromatic nitrogens is 3. The van der Waals surface area contributed by atoms with Gasteiger partial charge in [0.2, 0.25) is 5.82 Å². The Morgan fingerprint density at radius 2 is 2.13 bits per heavy atom. The lowest BCUT2D eigenvalue weighted by Crippen LogP contribution is -2.50. The zero-order chi connectivity index (χ0) is 21.0. The predicted octanol–water partition coefficient (Wildman–Crippen LogP) is 1.73. The van der Waals surface area contributed by atoms with Crippen LogP contribution in [0.15, 0.2) is 58.1 Å². The van der Waals surface area contributed by atoms with Crippen LogP contribution in [0.25, 0.3) is 11.6 Å². The number of ether oxygens (including phenoxy) is 1. The summed E-state index contributed by atoms with van der Waals surface area (Å²) in [5, 5.41) is 10.6. The summed E-state index contributed by atoms with van der Waals surface area (Å²) < 4.78 is 11.4. The number of aliphatic imine (C=N–C) groups is 1. The van der Waals surface area contributed by atoms with Crippen molar-refractivity contribution < 1.29 is 9.15 Å². The zero-order valence-electron chi connectivity index (χ0n) is 17.6. The maximum absolute atomic E-state index is 6.10. The van der Waals surface area contributed by atoms with Crippen LogP contribution in [-0.4, -0.2) is 76.4 Å². The van der Waals surface area contributed by atoms with Gasteiger partial charge >= 0.3 is 0 Å². The molecule has 0 amide bonds. The highest BCUT2D eigenvalue weighted by molar-refractivity contribution is 5.80. The molecule has 2 saturated heterocycles. The number of nitrogens with zero attached hydrogens (tertiary/aromatic N) is 5. The molecule has 5 rings (SSSR count). The summed E-state index contributed by atoms with van der Waals surface area (Å²) in [6, 6.07) is 14.6. The summed E-state index contributed by atoms with van der Waals surface area (Å²) in [7, 11) is 1.81. The first-order chi connectivity index (χ1) is 15.3. The summed E-state index contributed by atoms with van der Waals surface area (Å²) in [5.41, 5.74) is 1.33. The maximum atomic E-state index is 6.10. The van der Waals surface area contributed by atoms with Crippen LogP contribution in [0.3, 0.4) is 0 Å². The Morgan fingerprint density at radius 1 is 1.23 bits per heavy atom. The van der Waals surface area contributed by atoms with E-state index in [1.807, 2.05) is 19.2 Å². The molecular weight excluding hydrogens is 394 g/mol. The lowest BCUT2D eigenvalue weighted by Gasteiger charge is -2.36. The Kier molecular flexibility index (Phi) is 5.68. The second-order valence-electron chi connectivity index (χ2n) is 7.82. The van der Waals surface area contributed by atoms with Crippen LogP contribution in [-0.2, 0) is 17.8 Å². The number of H-pyrrole nitrogens is 1. The highest BCUT2D eigenvalue weighted by Gasteiger charge is 2.41. The molecule has 162 valence electrons. The largest absolute Gasteiger partial charge is 0.461 e. The molecule has 0 bridgehead atoms. The van der Waals surface area contributed by atoms with Crippen molar-refractivity contribution >= 4 is 5.96 Å². The molecule has 2 aliphatic heterocycles. The van der Waals surface area contributed by atoms with Crippen LogP contribution >= 0.6 is 0 Å². The molecule has 2 N–H and O–H groups in total. The minimum absolute atomic E-state index is 0.187. The molecule has 2 aliphatic rings. The van der Waals surface area contributed by atoms with Gasteiger partial charge in [0.25, 0.3) is 0 Å². The van der Waals surface area contributed by atoms with E-state index in [-0.39, 0.29) is 6.10 Å². The third kappa shape index (κ3) is 4.33. The maximum Gasteiger partial charge on any atom is 0.216 e. The van der Waals surface area contributed by atoms with E-state index in [0.29, 0.717) is 24.2 Å². The number of aromatic amines is 1. The van der Waals surface area contributed by atoms with Gasteiger partial charge in [-0.25, -0.2) is 4.98 Å². The summed E-state index contributed by atoms with van der Waals surface area (Å²) in [6.07, 6.45) is 1.80. The van der Waals surface area contributed by atoms with Crippen LogP contribution in [0, 0.1) is 0 Å². The highest BCUT2D eigenvalue weighted by atomic mass is 16.5. The number of furan rings is 1. The molecule has 0 aliphatic carbocycles. The van der Waals surface area contributed by atoms with Crippen LogP contribution < -0.4 is 5.32 Å². The summed E-state index contributed by atoms with van der Waals surface area (Å²) in [4.78, 5) is 13.8. The van der Waals surface area contributed by atoms with Crippen LogP contribution in [0.5, 0.6) is 0 Å². The second kappa shape index (κ2) is 8.91. The standard InChI is InChI=1S/C22H27N7O2/c1-23-22(24-12-20-25-21(27-26-20)18-8-5-10-30-18)29-14-17-19(15-29)31-11-9-28(17)13-16-6-3-2-4-7-16/h2-8,10,17,19H,9,11-15H2,1H3,(H,23,24)(H,25,26,27). The van der Waals surface area contributed by atoms with E-state index >= 15 is 0 Å². The molecule has 2 aromatic heterocycles. The van der Waals surface area contributed by atoms with Gasteiger partial charge in [-0.15, -0.1) is 5.10 Å². The first-order valence-electron chi connectivity index (χ1n) is 10.6. The van der Waals surface area contributed by atoms with Crippen LogP contribution in [0.1, 0.15) is 11.4 Å². The van der Waals surface area contributed by atoms with Crippen molar-refractivity contribution in [1.82, 2.24) is 30.3 Å². The SMILES string of the molecule is CN=C(NCc1nc(-c2ccco2)n[nH]1)N1CC2OCCN(Cc3ccccc3)C2C1. The first-order valence-corrected chi connectivity index (χ1v) is 10.6. The molecule has 2 unspecified atom stereocenters. The highest BCUT2D eigenvalue weighted by Crippen LogP contribution is 2.24. The van der Waals surface area contributed by atoms with Crippen molar-refractivity contribution in [2.45, 2.75) is 25.2 Å². The first kappa shape index (κ1) is 19.8. The quantitative estimate of drug-likeness (QED) is 0.478. The third-order valence-corrected chi connectivity index (χ3v) is 5.84. The van der Waals surface area contributed by atoms with Crippen molar-refractivity contribution in [2.75, 3.05) is 33.3 Å². The Bertz CT molecular complexity index is 1000. The monoisotopic (exact) mass is 421 g/mol. The van der Waals surface area contributed by atoms with Gasteiger partial charge in [-0.1, -0.05) is 30.3 Å². The fourth-order valence-corrected chi connectivity index (χ4v) is 4.33. The Balaban J connectivity index is 1.21. The van der Waals surface area contributed by atoms with E-state index in [9.17, 15) is 0 Å². The van der Waals surface area contributed by atoms with Gasteiger partial charge < -0.3 is 19.4 Å². The van der Waals surface area contributed by atoms with Gasteiger partial charge in [0.05, 0.1) is 31.6 Å². The van der Waals surface area contributed by atoms with Gasteiger partial charge in [0.1, 0.15) is 5.82 Å². The van der Waals surface area contributed by atoms with E-state index in [0.717, 1.165) is 44.6 Å². The molecule has 0 saturated carbocycles. The Hall–Kier alpha value is -3.17. The molecule has 0 radical (unpaired) electrons. The average Bonchev–Trinajstić information content (AvgIpc) is 3.55. The molecule has 31 heavy (non-hydrogen) atoms. The lowest BCUT2D eigenvalue weighted by atomic mass is 10.1. The molecule has 9 nitrogen and oxygen atoms in total. The predicted molar refractivity (Wildman–Crippen MR) is 116 cm³/mol. The number of morpholine rings is 1. The molecule has 9 heteroatoms. The average molecular weight is 422 g/mol. The number of hydrogen-bond acceptors (Lipinski definition) is 6. The number of hydrogen-bond donors (Lipinski definition) is 2. The Morgan fingerprint density at radius 3 is 2.94 bits per heavy atom. The smallest absolute Gasteiger partial charge is 0.216 e. The molecule has 3 aromatic rings. The van der Waals surface area contributed by atoms with Gasteiger partial charge in [0, 0.05) is 33.2 Å². The number of rotatable bonds is 5. The molecule has 4 heterocycles. The van der Waals surface area contributed by atoms with E-state index in [4.69, 9.17) is 9.15 Å². The van der Waals surface area contributed by atoms with Gasteiger partial charge in [0.15, 0.2) is 11.7 Å². The van der Waals surface area contributed by atoms with Crippen molar-refractivity contribution in [1.29, 1.82) is 0 Å². The van der Waals surface area contributed by atoms with E-state index in [1.54, 1.807) is 6.26 Å². The van der Waals surface area contributed by atoms with Crippen molar-refractivity contribution in [3.63, 3.8) is 0 Å². The molecular formula is C22H27N7O2. The van der Waals surface area contributed by atoms with Crippen LogP contribution in [0.2, 0.25) is 0 Å². The van der Waals surface area contributed by atoms with Gasteiger partial charge in [-0.2, -0.15) is 0 Å². The third-order valence-electron chi connectivity index (χ3n) is 5.84. The molecule has 2 fully saturated rings. The molecule has 1 aromatic carbocycles. The summed E-state index contributed by atoms with van der Waals surface area (Å²) in [5.74, 6) is 2.76. The topological polar surface area (TPSA) is 94.8 Å².